The molecular formula is C24H24ClN3O4. The van der Waals surface area contributed by atoms with Crippen LogP contribution < -0.4 is 0 Å². The van der Waals surface area contributed by atoms with E-state index in [0.29, 0.717) is 48.0 Å². The number of hydrogen-bond acceptors (Lipinski definition) is 5. The second-order valence-corrected chi connectivity index (χ2v) is 8.15. The van der Waals surface area contributed by atoms with Gasteiger partial charge in [0, 0.05) is 48.0 Å². The number of ether oxygens (including phenoxy) is 1. The Hall–Kier alpha value is -3.16. The molecule has 1 fully saturated rings. The first-order valence-electron chi connectivity index (χ1n) is 10.4. The van der Waals surface area contributed by atoms with Crippen molar-refractivity contribution in [1.82, 2.24) is 14.7 Å². The molecule has 2 aliphatic heterocycles. The first-order chi connectivity index (χ1) is 15.4. The molecule has 2 aromatic rings. The third kappa shape index (κ3) is 4.01. The van der Waals surface area contributed by atoms with E-state index >= 15 is 0 Å². The van der Waals surface area contributed by atoms with Gasteiger partial charge in [0.15, 0.2) is 0 Å². The SMILES string of the molecule is C=C1c2ccccc2C(=O)N1CC(=O)N1CCN(C(C(=O)OC)c2ccccc2Cl)CC1. The van der Waals surface area contributed by atoms with Gasteiger partial charge in [-0.15, -0.1) is 0 Å². The molecule has 8 heteroatoms. The van der Waals surface area contributed by atoms with E-state index in [9.17, 15) is 14.4 Å². The lowest BCUT2D eigenvalue weighted by molar-refractivity contribution is -0.148. The maximum Gasteiger partial charge on any atom is 0.327 e. The number of fused-ring (bicyclic) bond motifs is 1. The van der Waals surface area contributed by atoms with E-state index in [2.05, 4.69) is 6.58 Å². The molecule has 2 amide bonds. The van der Waals surface area contributed by atoms with E-state index in [1.54, 1.807) is 23.1 Å². The van der Waals surface area contributed by atoms with E-state index < -0.39 is 12.0 Å². The summed E-state index contributed by atoms with van der Waals surface area (Å²) in [6.07, 6.45) is 0. The maximum atomic E-state index is 12.9. The van der Waals surface area contributed by atoms with Gasteiger partial charge in [0.05, 0.1) is 7.11 Å². The number of benzene rings is 2. The number of esters is 1. The second kappa shape index (κ2) is 9.14. The van der Waals surface area contributed by atoms with Gasteiger partial charge in [-0.3, -0.25) is 19.4 Å². The van der Waals surface area contributed by atoms with Crippen molar-refractivity contribution in [3.05, 3.63) is 76.8 Å². The smallest absolute Gasteiger partial charge is 0.327 e. The molecule has 7 nitrogen and oxygen atoms in total. The van der Waals surface area contributed by atoms with Gasteiger partial charge in [-0.1, -0.05) is 54.6 Å². The summed E-state index contributed by atoms with van der Waals surface area (Å²) < 4.78 is 5.02. The molecule has 0 bridgehead atoms. The number of halogens is 1. The van der Waals surface area contributed by atoms with Crippen LogP contribution in [0.4, 0.5) is 0 Å². The van der Waals surface area contributed by atoms with Crippen LogP contribution in [0.2, 0.25) is 5.02 Å². The Balaban J connectivity index is 1.41. The molecule has 0 saturated carbocycles. The minimum absolute atomic E-state index is 0.0582. The number of amides is 2. The summed E-state index contributed by atoms with van der Waals surface area (Å²) in [5.74, 6) is -0.754. The molecule has 0 radical (unpaired) electrons. The quantitative estimate of drug-likeness (QED) is 0.651. The first kappa shape index (κ1) is 22.0. The Kier molecular flexibility index (Phi) is 6.30. The number of methoxy groups -OCH3 is 1. The van der Waals surface area contributed by atoms with Crippen LogP contribution in [0, 0.1) is 0 Å². The van der Waals surface area contributed by atoms with Crippen molar-refractivity contribution in [1.29, 1.82) is 0 Å². The van der Waals surface area contributed by atoms with Crippen LogP contribution in [0.1, 0.15) is 27.5 Å². The van der Waals surface area contributed by atoms with Crippen molar-refractivity contribution in [3.8, 4) is 0 Å². The highest BCUT2D eigenvalue weighted by atomic mass is 35.5. The normalized spacial score (nSPS) is 17.3. The summed E-state index contributed by atoms with van der Waals surface area (Å²) in [5, 5.41) is 0.493. The standard InChI is InChI=1S/C24H24ClN3O4/c1-16-17-7-3-4-8-18(17)23(30)28(16)15-21(29)26-11-13-27(14-12-26)22(24(31)32-2)19-9-5-6-10-20(19)25/h3-10,22H,1,11-15H2,2H3. The zero-order valence-electron chi connectivity index (χ0n) is 17.8. The predicted octanol–water partition coefficient (Wildman–Crippen LogP) is 2.83. The molecule has 0 aliphatic carbocycles. The Morgan fingerprint density at radius 1 is 1.03 bits per heavy atom. The fourth-order valence-corrected chi connectivity index (χ4v) is 4.49. The molecule has 0 spiro atoms. The number of rotatable bonds is 5. The van der Waals surface area contributed by atoms with Crippen LogP contribution in [-0.2, 0) is 14.3 Å². The molecule has 1 unspecified atom stereocenters. The van der Waals surface area contributed by atoms with Gasteiger partial charge in [-0.05, 0) is 17.7 Å². The number of carbonyl (C=O) groups excluding carboxylic acids is 3. The summed E-state index contributed by atoms with van der Waals surface area (Å²) in [4.78, 5) is 43.3. The van der Waals surface area contributed by atoms with Crippen LogP contribution in [0.15, 0.2) is 55.1 Å². The van der Waals surface area contributed by atoms with Gasteiger partial charge in [0.25, 0.3) is 5.91 Å². The van der Waals surface area contributed by atoms with Crippen molar-refractivity contribution < 1.29 is 19.1 Å². The molecule has 2 aliphatic rings. The molecular weight excluding hydrogens is 430 g/mol. The van der Waals surface area contributed by atoms with Crippen molar-refractivity contribution in [2.45, 2.75) is 6.04 Å². The number of nitrogens with zero attached hydrogens (tertiary/aromatic N) is 3. The zero-order valence-corrected chi connectivity index (χ0v) is 18.5. The summed E-state index contributed by atoms with van der Waals surface area (Å²) in [6.45, 7) is 5.75. The zero-order chi connectivity index (χ0) is 22.8. The Labute approximate surface area is 191 Å². The number of carbonyl (C=O) groups is 3. The van der Waals surface area contributed by atoms with Crippen molar-refractivity contribution in [2.24, 2.45) is 0 Å². The molecule has 0 N–H and O–H groups in total. The third-order valence-electron chi connectivity index (χ3n) is 5.99. The molecule has 2 heterocycles. The number of hydrogen-bond donors (Lipinski definition) is 0. The fraction of sp³-hybridized carbons (Fsp3) is 0.292. The van der Waals surface area contributed by atoms with Crippen LogP contribution in [0.3, 0.4) is 0 Å². The van der Waals surface area contributed by atoms with Gasteiger partial charge in [-0.2, -0.15) is 0 Å². The lowest BCUT2D eigenvalue weighted by Crippen LogP contribution is -2.53. The molecule has 1 saturated heterocycles. The Morgan fingerprint density at radius 3 is 2.28 bits per heavy atom. The minimum Gasteiger partial charge on any atom is -0.468 e. The highest BCUT2D eigenvalue weighted by Crippen LogP contribution is 2.32. The van der Waals surface area contributed by atoms with Crippen molar-refractivity contribution in [2.75, 3.05) is 39.8 Å². The van der Waals surface area contributed by atoms with E-state index in [0.717, 1.165) is 5.56 Å². The molecule has 1 atom stereocenters. The predicted molar refractivity (Wildman–Crippen MR) is 121 cm³/mol. The maximum absolute atomic E-state index is 12.9. The van der Waals surface area contributed by atoms with E-state index in [1.165, 1.54) is 12.0 Å². The van der Waals surface area contributed by atoms with E-state index in [4.69, 9.17) is 16.3 Å². The second-order valence-electron chi connectivity index (χ2n) is 7.75. The molecule has 166 valence electrons. The average Bonchev–Trinajstić information content (AvgIpc) is 3.05. The van der Waals surface area contributed by atoms with Gasteiger partial charge in [0.1, 0.15) is 12.6 Å². The highest BCUT2D eigenvalue weighted by Gasteiger charge is 2.36. The van der Waals surface area contributed by atoms with Crippen molar-refractivity contribution in [3.63, 3.8) is 0 Å². The Morgan fingerprint density at radius 2 is 1.66 bits per heavy atom. The Bertz CT molecular complexity index is 1040. The van der Waals surface area contributed by atoms with Crippen LogP contribution >= 0.6 is 11.6 Å². The summed E-state index contributed by atoms with van der Waals surface area (Å²) in [7, 11) is 1.35. The summed E-state index contributed by atoms with van der Waals surface area (Å²) in [5.41, 5.74) is 2.55. The molecule has 32 heavy (non-hydrogen) atoms. The van der Waals surface area contributed by atoms with Crippen molar-refractivity contribution >= 4 is 35.1 Å². The third-order valence-corrected chi connectivity index (χ3v) is 6.33. The highest BCUT2D eigenvalue weighted by molar-refractivity contribution is 6.31. The molecule has 4 rings (SSSR count). The van der Waals surface area contributed by atoms with Crippen LogP contribution in [-0.4, -0.2) is 72.3 Å². The average molecular weight is 454 g/mol. The van der Waals surface area contributed by atoms with Crippen LogP contribution in [0.5, 0.6) is 0 Å². The van der Waals surface area contributed by atoms with Crippen LogP contribution in [0.25, 0.3) is 5.70 Å². The summed E-state index contributed by atoms with van der Waals surface area (Å²) >= 11 is 6.33. The lowest BCUT2D eigenvalue weighted by atomic mass is 10.0. The molecule has 2 aromatic carbocycles. The summed E-state index contributed by atoms with van der Waals surface area (Å²) in [6, 6.07) is 13.8. The number of piperazine rings is 1. The fourth-order valence-electron chi connectivity index (χ4n) is 4.25. The van der Waals surface area contributed by atoms with Gasteiger partial charge in [0.2, 0.25) is 5.91 Å². The minimum atomic E-state index is -0.639. The van der Waals surface area contributed by atoms with E-state index in [-0.39, 0.29) is 18.4 Å². The van der Waals surface area contributed by atoms with Gasteiger partial charge >= 0.3 is 5.97 Å². The monoisotopic (exact) mass is 453 g/mol. The topological polar surface area (TPSA) is 70.2 Å². The largest absolute Gasteiger partial charge is 0.468 e. The van der Waals surface area contributed by atoms with E-state index in [1.807, 2.05) is 35.2 Å². The first-order valence-corrected chi connectivity index (χ1v) is 10.7. The van der Waals surface area contributed by atoms with Gasteiger partial charge < -0.3 is 9.64 Å². The molecule has 0 aromatic heterocycles. The van der Waals surface area contributed by atoms with Gasteiger partial charge in [-0.25, -0.2) is 4.79 Å². The lowest BCUT2D eigenvalue weighted by Gasteiger charge is -2.38.